The average molecular weight is 172 g/mol. The quantitative estimate of drug-likeness (QED) is 0.370. The number of amides is 1. The molecule has 0 fully saturated rings. The molecular weight excluding hydrogens is 160 g/mol. The second-order valence-corrected chi connectivity index (χ2v) is 2.02. The van der Waals surface area contributed by atoms with Gasteiger partial charge in [-0.1, -0.05) is 17.8 Å². The zero-order chi connectivity index (χ0) is 9.23. The monoisotopic (exact) mass is 172 g/mol. The Morgan fingerprint density at radius 1 is 1.67 bits per heavy atom. The van der Waals surface area contributed by atoms with Crippen molar-refractivity contribution in [2.45, 2.75) is 6.42 Å². The molecule has 1 amide bonds. The summed E-state index contributed by atoms with van der Waals surface area (Å²) < 4.78 is 4.59. The van der Waals surface area contributed by atoms with Crippen LogP contribution in [0.1, 0.15) is 6.42 Å². The lowest BCUT2D eigenvalue weighted by Crippen LogP contribution is -2.25. The normalized spacial score (nSPS) is 8.67. The van der Waals surface area contributed by atoms with E-state index in [1.807, 2.05) is 0 Å². The van der Waals surface area contributed by atoms with Crippen molar-refractivity contribution in [2.24, 2.45) is 5.18 Å². The van der Waals surface area contributed by atoms with E-state index in [0.29, 0.717) is 13.0 Å². The molecule has 1 N–H and O–H groups in total. The Labute approximate surface area is 70.8 Å². The molecule has 0 radical (unpaired) electrons. The fraction of sp³-hybridized carbons (Fsp3) is 0.571. The van der Waals surface area contributed by atoms with Crippen molar-refractivity contribution >= 4 is 6.09 Å². The molecule has 0 spiro atoms. The topological polar surface area (TPSA) is 67.8 Å². The highest BCUT2D eigenvalue weighted by molar-refractivity contribution is 5.67. The molecule has 0 saturated heterocycles. The first-order chi connectivity index (χ1) is 5.81. The Balaban J connectivity index is 3.19. The molecule has 5 heteroatoms. The number of nitroso groups, excluding NO2 is 1. The van der Waals surface area contributed by atoms with E-state index in [2.05, 4.69) is 21.8 Å². The van der Waals surface area contributed by atoms with Crippen LogP contribution in [-0.2, 0) is 4.74 Å². The van der Waals surface area contributed by atoms with Crippen LogP contribution in [0.15, 0.2) is 17.8 Å². The smallest absolute Gasteiger partial charge is 0.407 e. The van der Waals surface area contributed by atoms with Gasteiger partial charge in [0.1, 0.15) is 6.61 Å². The molecule has 0 unspecified atom stereocenters. The molecular formula is C7H12N2O3. The molecule has 0 rings (SSSR count). The van der Waals surface area contributed by atoms with Gasteiger partial charge in [-0.3, -0.25) is 0 Å². The van der Waals surface area contributed by atoms with Crippen molar-refractivity contribution in [3.05, 3.63) is 17.6 Å². The van der Waals surface area contributed by atoms with Gasteiger partial charge in [0.2, 0.25) is 0 Å². The van der Waals surface area contributed by atoms with Gasteiger partial charge in [0.05, 0.1) is 6.54 Å². The molecule has 0 aliphatic carbocycles. The van der Waals surface area contributed by atoms with Crippen LogP contribution in [-0.4, -0.2) is 25.8 Å². The molecule has 0 aromatic rings. The summed E-state index contributed by atoms with van der Waals surface area (Å²) in [6, 6.07) is 0. The number of nitrogens with one attached hydrogen (secondary N) is 1. The Morgan fingerprint density at radius 3 is 3.00 bits per heavy atom. The van der Waals surface area contributed by atoms with Gasteiger partial charge in [-0.15, -0.1) is 0 Å². The van der Waals surface area contributed by atoms with Crippen LogP contribution < -0.4 is 5.32 Å². The highest BCUT2D eigenvalue weighted by Crippen LogP contribution is 1.81. The van der Waals surface area contributed by atoms with Crippen LogP contribution in [0.2, 0.25) is 0 Å². The van der Waals surface area contributed by atoms with Crippen LogP contribution in [0.4, 0.5) is 4.79 Å². The van der Waals surface area contributed by atoms with Crippen LogP contribution in [0.3, 0.4) is 0 Å². The van der Waals surface area contributed by atoms with Crippen molar-refractivity contribution < 1.29 is 9.53 Å². The highest BCUT2D eigenvalue weighted by atomic mass is 16.5. The summed E-state index contributed by atoms with van der Waals surface area (Å²) in [6.45, 7) is 4.19. The summed E-state index contributed by atoms with van der Waals surface area (Å²) in [5.41, 5.74) is 0. The third-order valence-electron chi connectivity index (χ3n) is 1.03. The zero-order valence-electron chi connectivity index (χ0n) is 6.78. The highest BCUT2D eigenvalue weighted by Gasteiger charge is 1.97. The Hall–Kier alpha value is -1.39. The molecule has 0 atom stereocenters. The third kappa shape index (κ3) is 6.73. The molecule has 0 aromatic heterocycles. The SMILES string of the molecule is C=CCOC(=O)NCCCN=O. The van der Waals surface area contributed by atoms with Crippen molar-refractivity contribution in [2.75, 3.05) is 19.7 Å². The van der Waals surface area contributed by atoms with Crippen LogP contribution in [0.5, 0.6) is 0 Å². The summed E-state index contributed by atoms with van der Waals surface area (Å²) in [4.78, 5) is 20.3. The fourth-order valence-corrected chi connectivity index (χ4v) is 0.520. The maximum atomic E-state index is 10.7. The minimum absolute atomic E-state index is 0.192. The molecule has 5 nitrogen and oxygen atoms in total. The fourth-order valence-electron chi connectivity index (χ4n) is 0.520. The van der Waals surface area contributed by atoms with E-state index in [1.54, 1.807) is 0 Å². The number of alkyl carbamates (subject to hydrolysis) is 1. The Morgan fingerprint density at radius 2 is 2.42 bits per heavy atom. The number of hydrogen-bond acceptors (Lipinski definition) is 4. The van der Waals surface area contributed by atoms with Gasteiger partial charge < -0.3 is 10.1 Å². The second-order valence-electron chi connectivity index (χ2n) is 2.02. The molecule has 0 aromatic carbocycles. The Bertz CT molecular complexity index is 159. The predicted molar refractivity (Wildman–Crippen MR) is 44.8 cm³/mol. The second kappa shape index (κ2) is 7.71. The van der Waals surface area contributed by atoms with E-state index >= 15 is 0 Å². The van der Waals surface area contributed by atoms with E-state index in [4.69, 9.17) is 0 Å². The van der Waals surface area contributed by atoms with E-state index < -0.39 is 6.09 Å². The van der Waals surface area contributed by atoms with Crippen molar-refractivity contribution in [3.8, 4) is 0 Å². The minimum atomic E-state index is -0.499. The number of hydrogen-bond donors (Lipinski definition) is 1. The van der Waals surface area contributed by atoms with Gasteiger partial charge in [-0.25, -0.2) is 4.79 Å². The average Bonchev–Trinajstić information content (AvgIpc) is 2.09. The maximum Gasteiger partial charge on any atom is 0.407 e. The lowest BCUT2D eigenvalue weighted by Gasteiger charge is -2.02. The number of nitrogens with zero attached hydrogens (tertiary/aromatic N) is 1. The largest absolute Gasteiger partial charge is 0.445 e. The van der Waals surface area contributed by atoms with Crippen LogP contribution in [0, 0.1) is 4.91 Å². The van der Waals surface area contributed by atoms with Gasteiger partial charge in [0.25, 0.3) is 0 Å². The molecule has 0 aliphatic heterocycles. The predicted octanol–water partition coefficient (Wildman–Crippen LogP) is 1.06. The summed E-state index contributed by atoms with van der Waals surface area (Å²) >= 11 is 0. The molecule has 0 aliphatic rings. The van der Waals surface area contributed by atoms with Gasteiger partial charge in [0.15, 0.2) is 0 Å². The van der Waals surface area contributed by atoms with Gasteiger partial charge >= 0.3 is 6.09 Å². The standard InChI is InChI=1S/C7H12N2O3/c1-2-6-12-7(10)8-4-3-5-9-11/h2H,1,3-6H2,(H,8,10). The Kier molecular flexibility index (Phi) is 6.82. The van der Waals surface area contributed by atoms with Gasteiger partial charge in [0, 0.05) is 6.54 Å². The maximum absolute atomic E-state index is 10.7. The third-order valence-corrected chi connectivity index (χ3v) is 1.03. The van der Waals surface area contributed by atoms with Crippen molar-refractivity contribution in [1.82, 2.24) is 5.32 Å². The van der Waals surface area contributed by atoms with Crippen LogP contribution >= 0.6 is 0 Å². The first kappa shape index (κ1) is 10.6. The molecule has 0 saturated carbocycles. The molecule has 12 heavy (non-hydrogen) atoms. The first-order valence-corrected chi connectivity index (χ1v) is 3.62. The van der Waals surface area contributed by atoms with E-state index in [0.717, 1.165) is 0 Å². The first-order valence-electron chi connectivity index (χ1n) is 3.62. The lowest BCUT2D eigenvalue weighted by molar-refractivity contribution is 0.158. The number of carbonyl (C=O) groups is 1. The van der Waals surface area contributed by atoms with Crippen LogP contribution in [0.25, 0.3) is 0 Å². The van der Waals surface area contributed by atoms with E-state index in [1.165, 1.54) is 6.08 Å². The summed E-state index contributed by atoms with van der Waals surface area (Å²) in [5, 5.41) is 5.08. The van der Waals surface area contributed by atoms with Gasteiger partial charge in [-0.2, -0.15) is 4.91 Å². The zero-order valence-corrected chi connectivity index (χ0v) is 6.78. The van der Waals surface area contributed by atoms with Crippen molar-refractivity contribution in [1.29, 1.82) is 0 Å². The lowest BCUT2D eigenvalue weighted by atomic mass is 10.4. The molecule has 0 heterocycles. The molecule has 68 valence electrons. The number of rotatable bonds is 6. The number of ether oxygens (including phenoxy) is 1. The van der Waals surface area contributed by atoms with Gasteiger partial charge in [-0.05, 0) is 6.42 Å². The summed E-state index contributed by atoms with van der Waals surface area (Å²) in [5.74, 6) is 0. The van der Waals surface area contributed by atoms with E-state index in [-0.39, 0.29) is 13.2 Å². The van der Waals surface area contributed by atoms with E-state index in [9.17, 15) is 9.70 Å². The summed E-state index contributed by atoms with van der Waals surface area (Å²) in [6.07, 6.45) is 1.51. The van der Waals surface area contributed by atoms with Crippen molar-refractivity contribution in [3.63, 3.8) is 0 Å². The minimum Gasteiger partial charge on any atom is -0.445 e. The summed E-state index contributed by atoms with van der Waals surface area (Å²) in [7, 11) is 0. The molecule has 0 bridgehead atoms. The number of carbonyl (C=O) groups excluding carboxylic acids is 1.